The first-order chi connectivity index (χ1) is 16.3. The van der Waals surface area contributed by atoms with Gasteiger partial charge in [0.15, 0.2) is 0 Å². The lowest BCUT2D eigenvalue weighted by atomic mass is 9.74. The molecule has 0 aliphatic heterocycles. The third kappa shape index (κ3) is 8.88. The van der Waals surface area contributed by atoms with Crippen LogP contribution in [0.5, 0.6) is 0 Å². The van der Waals surface area contributed by atoms with Gasteiger partial charge in [-0.1, -0.05) is 97.4 Å². The summed E-state index contributed by atoms with van der Waals surface area (Å²) in [5.41, 5.74) is 7.50. The molecule has 0 fully saturated rings. The van der Waals surface area contributed by atoms with Crippen LogP contribution >= 0.6 is 0 Å². The number of allylic oxidation sites excluding steroid dienone is 3. The summed E-state index contributed by atoms with van der Waals surface area (Å²) in [5, 5.41) is 9.76. The predicted molar refractivity (Wildman–Crippen MR) is 154 cm³/mol. The molecule has 1 aliphatic rings. The summed E-state index contributed by atoms with van der Waals surface area (Å²) in [6.07, 6.45) is 13.3. The number of nitriles is 1. The van der Waals surface area contributed by atoms with Gasteiger partial charge in [-0.2, -0.15) is 5.26 Å². The van der Waals surface area contributed by atoms with Crippen molar-refractivity contribution in [2.24, 2.45) is 22.7 Å². The molecule has 0 aromatic heterocycles. The van der Waals surface area contributed by atoms with E-state index in [1.54, 1.807) is 11.6 Å². The number of hydrogen-bond acceptors (Lipinski definition) is 2. The van der Waals surface area contributed by atoms with E-state index in [2.05, 4.69) is 104 Å². The number of benzene rings is 1. The Morgan fingerprint density at radius 2 is 1.80 bits per heavy atom. The number of nitrogens with zero attached hydrogens (tertiary/aromatic N) is 2. The van der Waals surface area contributed by atoms with Gasteiger partial charge in [0.2, 0.25) is 0 Å². The minimum Gasteiger partial charge on any atom is -0.344 e. The Hall–Kier alpha value is -2.53. The van der Waals surface area contributed by atoms with Crippen LogP contribution in [0.3, 0.4) is 0 Å². The Morgan fingerprint density at radius 1 is 1.17 bits per heavy atom. The van der Waals surface area contributed by atoms with Crippen LogP contribution in [-0.2, 0) is 0 Å². The quantitative estimate of drug-likeness (QED) is 0.357. The molecule has 0 N–H and O–H groups in total. The van der Waals surface area contributed by atoms with Gasteiger partial charge in [-0.05, 0) is 78.5 Å². The standard InChI is InChI=1S/C33H48N2/c1-11-26-15-16-31(18-29(26)21-34)35(23-28-14-13-24(3)17-27(28)12-2)22-25(4)30(19-32(5,6)7)20-33(8,9)10/h11,13-16,18,22,24,30H,1,12,17,19-20,23H2,2-10H3/b25-22+. The molecule has 1 unspecified atom stereocenters. The molecule has 1 aromatic rings. The molecule has 1 aromatic carbocycles. The molecule has 190 valence electrons. The molecule has 1 atom stereocenters. The maximum atomic E-state index is 9.76. The van der Waals surface area contributed by atoms with Crippen LogP contribution in [0.1, 0.15) is 99.1 Å². The molecule has 35 heavy (non-hydrogen) atoms. The number of anilines is 1. The second-order valence-corrected chi connectivity index (χ2v) is 12.8. The summed E-state index contributed by atoms with van der Waals surface area (Å²) in [6, 6.07) is 8.53. The fraction of sp³-hybridized carbons (Fsp3) is 0.545. The Bertz CT molecular complexity index is 999. The molecule has 0 amide bonds. The van der Waals surface area contributed by atoms with Gasteiger partial charge >= 0.3 is 0 Å². The minimum atomic E-state index is 0.260. The van der Waals surface area contributed by atoms with Crippen LogP contribution in [0.15, 0.2) is 59.8 Å². The minimum absolute atomic E-state index is 0.260. The highest BCUT2D eigenvalue weighted by atomic mass is 15.1. The van der Waals surface area contributed by atoms with E-state index in [1.807, 2.05) is 12.1 Å². The summed E-state index contributed by atoms with van der Waals surface area (Å²) in [7, 11) is 0. The van der Waals surface area contributed by atoms with Crippen LogP contribution in [0.25, 0.3) is 6.08 Å². The van der Waals surface area contributed by atoms with Crippen LogP contribution in [0, 0.1) is 34.0 Å². The Kier molecular flexibility index (Phi) is 9.79. The molecule has 2 heteroatoms. The van der Waals surface area contributed by atoms with Crippen molar-refractivity contribution in [3.8, 4) is 6.07 Å². The second-order valence-electron chi connectivity index (χ2n) is 12.8. The molecule has 0 bridgehead atoms. The monoisotopic (exact) mass is 472 g/mol. The van der Waals surface area contributed by atoms with E-state index >= 15 is 0 Å². The largest absolute Gasteiger partial charge is 0.344 e. The van der Waals surface area contributed by atoms with Crippen molar-refractivity contribution in [2.45, 2.75) is 88.0 Å². The van der Waals surface area contributed by atoms with Crippen molar-refractivity contribution < 1.29 is 0 Å². The molecule has 0 heterocycles. The zero-order valence-electron chi connectivity index (χ0n) is 23.8. The van der Waals surface area contributed by atoms with Crippen molar-refractivity contribution in [1.29, 1.82) is 5.26 Å². The SMILES string of the molecule is C=Cc1ccc(N(/C=C(\C)C(CC(C)(C)C)CC(C)(C)C)CC2=C(CC)CC(C)C=C2)cc1C#N. The van der Waals surface area contributed by atoms with Crippen molar-refractivity contribution in [2.75, 3.05) is 11.4 Å². The van der Waals surface area contributed by atoms with E-state index in [4.69, 9.17) is 0 Å². The van der Waals surface area contributed by atoms with Gasteiger partial charge in [-0.3, -0.25) is 0 Å². The van der Waals surface area contributed by atoms with Crippen molar-refractivity contribution in [3.63, 3.8) is 0 Å². The maximum absolute atomic E-state index is 9.76. The van der Waals surface area contributed by atoms with Gasteiger partial charge in [-0.15, -0.1) is 0 Å². The van der Waals surface area contributed by atoms with Gasteiger partial charge < -0.3 is 4.90 Å². The Morgan fingerprint density at radius 3 is 2.31 bits per heavy atom. The molecule has 0 saturated heterocycles. The molecule has 2 rings (SSSR count). The van der Waals surface area contributed by atoms with Gasteiger partial charge in [0.05, 0.1) is 11.6 Å². The second kappa shape index (κ2) is 11.9. The van der Waals surface area contributed by atoms with Gasteiger partial charge in [0.25, 0.3) is 0 Å². The first-order valence-corrected chi connectivity index (χ1v) is 13.3. The zero-order chi connectivity index (χ0) is 26.4. The van der Waals surface area contributed by atoms with Gasteiger partial charge in [-0.25, -0.2) is 0 Å². The summed E-state index contributed by atoms with van der Waals surface area (Å²) in [6.45, 7) is 25.6. The smallest absolute Gasteiger partial charge is 0.0998 e. The van der Waals surface area contributed by atoms with Gasteiger partial charge in [0.1, 0.15) is 0 Å². The van der Waals surface area contributed by atoms with Crippen molar-refractivity contribution >= 4 is 11.8 Å². The summed E-state index contributed by atoms with van der Waals surface area (Å²) < 4.78 is 0. The normalized spacial score (nSPS) is 17.1. The van der Waals surface area contributed by atoms with Crippen molar-refractivity contribution in [1.82, 2.24) is 0 Å². The lowest BCUT2D eigenvalue weighted by molar-refractivity contribution is 0.244. The first kappa shape index (κ1) is 28.7. The van der Waals surface area contributed by atoms with E-state index in [9.17, 15) is 5.26 Å². The third-order valence-electron chi connectivity index (χ3n) is 6.85. The highest BCUT2D eigenvalue weighted by molar-refractivity contribution is 5.64. The summed E-state index contributed by atoms with van der Waals surface area (Å²) in [5.74, 6) is 1.10. The summed E-state index contributed by atoms with van der Waals surface area (Å²) in [4.78, 5) is 2.37. The predicted octanol–water partition coefficient (Wildman–Crippen LogP) is 9.70. The number of hydrogen-bond donors (Lipinski definition) is 0. The van der Waals surface area contributed by atoms with E-state index in [0.717, 1.165) is 43.5 Å². The summed E-state index contributed by atoms with van der Waals surface area (Å²) >= 11 is 0. The maximum Gasteiger partial charge on any atom is 0.0998 e. The first-order valence-electron chi connectivity index (χ1n) is 13.3. The fourth-order valence-electron chi connectivity index (χ4n) is 5.14. The highest BCUT2D eigenvalue weighted by Crippen LogP contribution is 2.38. The van der Waals surface area contributed by atoms with Crippen LogP contribution in [0.4, 0.5) is 5.69 Å². The molecule has 0 saturated carbocycles. The molecular weight excluding hydrogens is 424 g/mol. The topological polar surface area (TPSA) is 27.0 Å². The molecule has 2 nitrogen and oxygen atoms in total. The molecule has 0 radical (unpaired) electrons. The Labute approximate surface area is 216 Å². The van der Waals surface area contributed by atoms with Gasteiger partial charge in [0, 0.05) is 18.4 Å². The fourth-order valence-corrected chi connectivity index (χ4v) is 5.14. The average Bonchev–Trinajstić information content (AvgIpc) is 2.76. The molecule has 1 aliphatic carbocycles. The van der Waals surface area contributed by atoms with Crippen LogP contribution in [0.2, 0.25) is 0 Å². The average molecular weight is 473 g/mol. The molecular formula is C33H48N2. The van der Waals surface area contributed by atoms with Crippen molar-refractivity contribution in [3.05, 3.63) is 71.0 Å². The van der Waals surface area contributed by atoms with E-state index in [1.165, 1.54) is 11.1 Å². The van der Waals surface area contributed by atoms with Crippen LogP contribution in [-0.4, -0.2) is 6.54 Å². The molecule has 0 spiro atoms. The van der Waals surface area contributed by atoms with Crippen LogP contribution < -0.4 is 4.90 Å². The Balaban J connectivity index is 2.57. The zero-order valence-corrected chi connectivity index (χ0v) is 23.8. The highest BCUT2D eigenvalue weighted by Gasteiger charge is 2.26. The van der Waals surface area contributed by atoms with E-state index < -0.39 is 0 Å². The third-order valence-corrected chi connectivity index (χ3v) is 6.85. The number of rotatable bonds is 9. The lowest BCUT2D eigenvalue weighted by Gasteiger charge is -2.33. The van der Waals surface area contributed by atoms with E-state index in [0.29, 0.717) is 17.4 Å². The lowest BCUT2D eigenvalue weighted by Crippen LogP contribution is -2.25. The van der Waals surface area contributed by atoms with E-state index in [-0.39, 0.29) is 10.8 Å².